The second kappa shape index (κ2) is 7.99. The quantitative estimate of drug-likeness (QED) is 0.567. The number of amides is 2. The van der Waals surface area contributed by atoms with Gasteiger partial charge in [-0.25, -0.2) is 4.79 Å². The molecular formula is C20H19F3N2O6. The molecule has 0 bridgehead atoms. The van der Waals surface area contributed by atoms with Crippen LogP contribution in [0, 0.1) is 5.92 Å². The number of alkyl halides is 3. The Morgan fingerprint density at radius 3 is 2.29 bits per heavy atom. The Hall–Kier alpha value is -3.47. The van der Waals surface area contributed by atoms with Gasteiger partial charge in [0.05, 0.1) is 20.3 Å². The summed E-state index contributed by atoms with van der Waals surface area (Å²) < 4.78 is 50.5. The van der Waals surface area contributed by atoms with Crippen LogP contribution in [0.5, 0.6) is 17.2 Å². The van der Waals surface area contributed by atoms with Gasteiger partial charge >= 0.3 is 12.2 Å². The molecule has 0 aliphatic carbocycles. The Morgan fingerprint density at radius 1 is 1.10 bits per heavy atom. The maximum atomic E-state index is 13.5. The number of ether oxygens (including phenoxy) is 2. The summed E-state index contributed by atoms with van der Waals surface area (Å²) in [5.41, 5.74) is -2.84. The summed E-state index contributed by atoms with van der Waals surface area (Å²) in [5, 5.41) is 25.4. The van der Waals surface area contributed by atoms with E-state index in [1.54, 1.807) is 0 Å². The van der Waals surface area contributed by atoms with Crippen molar-refractivity contribution in [1.82, 2.24) is 10.6 Å². The first kappa shape index (κ1) is 22.2. The average molecular weight is 440 g/mol. The summed E-state index contributed by atoms with van der Waals surface area (Å²) in [6.07, 6.45) is -5.31. The smallest absolute Gasteiger partial charge is 0.450 e. The zero-order chi connectivity index (χ0) is 23.0. The Kier molecular flexibility index (Phi) is 5.72. The number of ketones is 1. The number of aromatic hydroxyl groups is 1. The molecule has 1 heterocycles. The van der Waals surface area contributed by atoms with Crippen molar-refractivity contribution in [2.24, 2.45) is 5.92 Å². The summed E-state index contributed by atoms with van der Waals surface area (Å²) in [4.78, 5) is 24.8. The molecule has 1 aliphatic rings. The second-order valence-electron chi connectivity index (χ2n) is 6.84. The number of aliphatic hydroxyl groups is 1. The SMILES string of the molecule is COc1ccc([C@]2(O)NC(=O)N[C@H](c3ccc(O)c(OC)c3)[C@@H]2C(=O)C(F)(F)F)cc1. The molecule has 1 fully saturated rings. The van der Waals surface area contributed by atoms with Crippen molar-refractivity contribution in [2.75, 3.05) is 14.2 Å². The highest BCUT2D eigenvalue weighted by Gasteiger charge is 2.59. The van der Waals surface area contributed by atoms with Gasteiger partial charge in [0.15, 0.2) is 17.2 Å². The van der Waals surface area contributed by atoms with Crippen molar-refractivity contribution in [3.8, 4) is 17.2 Å². The minimum Gasteiger partial charge on any atom is -0.504 e. The number of Topliss-reactive ketones (excluding diaryl/α,β-unsaturated/α-hetero) is 1. The highest BCUT2D eigenvalue weighted by atomic mass is 19.4. The first-order valence-corrected chi connectivity index (χ1v) is 8.94. The molecule has 2 aromatic carbocycles. The predicted molar refractivity (Wildman–Crippen MR) is 101 cm³/mol. The number of carbonyl (C=O) groups excluding carboxylic acids is 2. The van der Waals surface area contributed by atoms with Gasteiger partial charge in [0.25, 0.3) is 0 Å². The fourth-order valence-corrected chi connectivity index (χ4v) is 3.53. The molecule has 3 rings (SSSR count). The molecule has 1 saturated heterocycles. The molecule has 0 radical (unpaired) electrons. The average Bonchev–Trinajstić information content (AvgIpc) is 2.72. The first-order chi connectivity index (χ1) is 14.5. The number of phenols is 1. The fraction of sp³-hybridized carbons (Fsp3) is 0.300. The van der Waals surface area contributed by atoms with E-state index in [0.717, 1.165) is 6.07 Å². The van der Waals surface area contributed by atoms with Gasteiger partial charge in [-0.15, -0.1) is 0 Å². The molecule has 8 nitrogen and oxygen atoms in total. The van der Waals surface area contributed by atoms with Crippen LogP contribution in [0.15, 0.2) is 42.5 Å². The largest absolute Gasteiger partial charge is 0.504 e. The molecule has 0 unspecified atom stereocenters. The number of halogens is 3. The normalized spacial score (nSPS) is 23.5. The van der Waals surface area contributed by atoms with Crippen LogP contribution in [0.4, 0.5) is 18.0 Å². The van der Waals surface area contributed by atoms with E-state index in [2.05, 4.69) is 10.6 Å². The van der Waals surface area contributed by atoms with Gasteiger partial charge in [-0.05, 0) is 29.8 Å². The first-order valence-electron chi connectivity index (χ1n) is 8.94. The maximum absolute atomic E-state index is 13.5. The summed E-state index contributed by atoms with van der Waals surface area (Å²) in [5.74, 6) is -4.48. The van der Waals surface area contributed by atoms with Gasteiger partial charge in [-0.3, -0.25) is 4.79 Å². The van der Waals surface area contributed by atoms with Crippen molar-refractivity contribution < 1.29 is 42.4 Å². The van der Waals surface area contributed by atoms with Gasteiger partial charge < -0.3 is 30.3 Å². The van der Waals surface area contributed by atoms with E-state index in [1.165, 1.54) is 50.6 Å². The van der Waals surface area contributed by atoms with E-state index in [1.807, 2.05) is 0 Å². The molecule has 166 valence electrons. The summed E-state index contributed by atoms with van der Waals surface area (Å²) in [6.45, 7) is 0. The molecule has 31 heavy (non-hydrogen) atoms. The van der Waals surface area contributed by atoms with Crippen LogP contribution in [-0.4, -0.2) is 42.4 Å². The molecule has 11 heteroatoms. The Balaban J connectivity index is 2.19. The topological polar surface area (TPSA) is 117 Å². The zero-order valence-corrected chi connectivity index (χ0v) is 16.4. The Labute approximate surface area is 174 Å². The number of urea groups is 1. The molecule has 3 atom stereocenters. The minimum atomic E-state index is -5.31. The molecular weight excluding hydrogens is 421 g/mol. The monoisotopic (exact) mass is 440 g/mol. The number of carbonyl (C=O) groups is 2. The van der Waals surface area contributed by atoms with E-state index in [0.29, 0.717) is 5.75 Å². The summed E-state index contributed by atoms with van der Waals surface area (Å²) >= 11 is 0. The van der Waals surface area contributed by atoms with Crippen molar-refractivity contribution in [2.45, 2.75) is 17.9 Å². The van der Waals surface area contributed by atoms with Crippen molar-refractivity contribution in [3.63, 3.8) is 0 Å². The second-order valence-corrected chi connectivity index (χ2v) is 6.84. The van der Waals surface area contributed by atoms with E-state index in [9.17, 15) is 33.0 Å². The van der Waals surface area contributed by atoms with Crippen molar-refractivity contribution in [1.29, 1.82) is 0 Å². The molecule has 2 amide bonds. The van der Waals surface area contributed by atoms with Gasteiger partial charge in [-0.1, -0.05) is 18.2 Å². The Bertz CT molecular complexity index is 995. The van der Waals surface area contributed by atoms with Gasteiger partial charge in [0.2, 0.25) is 5.78 Å². The third kappa shape index (κ3) is 4.08. The van der Waals surface area contributed by atoms with Crippen LogP contribution in [0.1, 0.15) is 17.2 Å². The van der Waals surface area contributed by atoms with E-state index in [4.69, 9.17) is 9.47 Å². The lowest BCUT2D eigenvalue weighted by molar-refractivity contribution is -0.190. The lowest BCUT2D eigenvalue weighted by atomic mass is 9.76. The number of phenolic OH excluding ortho intramolecular Hbond substituents is 1. The summed E-state index contributed by atoms with van der Waals surface area (Å²) in [6, 6.07) is 6.18. The highest BCUT2D eigenvalue weighted by Crippen LogP contribution is 2.44. The molecule has 0 spiro atoms. The predicted octanol–water partition coefficient (Wildman–Crippen LogP) is 2.36. The standard InChI is InChI=1S/C20H19F3N2O6/c1-30-12-6-4-11(5-7-12)19(29)15(17(27)20(21,22)23)16(24-18(28)25-19)10-3-8-13(26)14(9-10)31-2/h3-9,15-16,26,29H,1-2H3,(H2,24,25,28)/t15-,16-,19-/m1/s1. The molecule has 1 aliphatic heterocycles. The fourth-order valence-electron chi connectivity index (χ4n) is 3.53. The van der Waals surface area contributed by atoms with Crippen molar-refractivity contribution >= 4 is 11.8 Å². The highest BCUT2D eigenvalue weighted by molar-refractivity contribution is 5.91. The van der Waals surface area contributed by atoms with Crippen LogP contribution in [-0.2, 0) is 10.5 Å². The van der Waals surface area contributed by atoms with Crippen LogP contribution < -0.4 is 20.1 Å². The van der Waals surface area contributed by atoms with Crippen LogP contribution in [0.2, 0.25) is 0 Å². The third-order valence-corrected chi connectivity index (χ3v) is 5.03. The maximum Gasteiger partial charge on any atom is 0.450 e. The number of hydrogen-bond acceptors (Lipinski definition) is 6. The van der Waals surface area contributed by atoms with Gasteiger partial charge in [0, 0.05) is 5.56 Å². The number of nitrogens with one attached hydrogen (secondary N) is 2. The number of hydrogen-bond donors (Lipinski definition) is 4. The number of methoxy groups -OCH3 is 2. The van der Waals surface area contributed by atoms with Crippen LogP contribution in [0.3, 0.4) is 0 Å². The summed E-state index contributed by atoms with van der Waals surface area (Å²) in [7, 11) is 2.60. The number of benzene rings is 2. The van der Waals surface area contributed by atoms with Crippen LogP contribution in [0.25, 0.3) is 0 Å². The van der Waals surface area contributed by atoms with Gasteiger partial charge in [0.1, 0.15) is 11.7 Å². The van der Waals surface area contributed by atoms with Gasteiger partial charge in [-0.2, -0.15) is 13.2 Å². The van der Waals surface area contributed by atoms with Crippen molar-refractivity contribution in [3.05, 3.63) is 53.6 Å². The lowest BCUT2D eigenvalue weighted by Gasteiger charge is -2.45. The van der Waals surface area contributed by atoms with Crippen LogP contribution >= 0.6 is 0 Å². The third-order valence-electron chi connectivity index (χ3n) is 5.03. The Morgan fingerprint density at radius 2 is 1.74 bits per heavy atom. The lowest BCUT2D eigenvalue weighted by Crippen LogP contribution is -2.66. The molecule has 2 aromatic rings. The van der Waals surface area contributed by atoms with E-state index in [-0.39, 0.29) is 22.6 Å². The van der Waals surface area contributed by atoms with E-state index < -0.39 is 35.7 Å². The minimum absolute atomic E-state index is 0.0130. The molecule has 4 N–H and O–H groups in total. The molecule has 0 aromatic heterocycles. The number of rotatable bonds is 5. The zero-order valence-electron chi connectivity index (χ0n) is 16.4. The van der Waals surface area contributed by atoms with E-state index >= 15 is 0 Å². The molecule has 0 saturated carbocycles.